The van der Waals surface area contributed by atoms with Gasteiger partial charge in [-0.25, -0.2) is 4.79 Å². The van der Waals surface area contributed by atoms with Gasteiger partial charge >= 0.3 is 6.03 Å². The van der Waals surface area contributed by atoms with Gasteiger partial charge in [0.1, 0.15) is 0 Å². The number of hydrogen-bond donors (Lipinski definition) is 3. The van der Waals surface area contributed by atoms with Crippen molar-refractivity contribution in [3.8, 4) is 0 Å². The lowest BCUT2D eigenvalue weighted by Gasteiger charge is -2.11. The van der Waals surface area contributed by atoms with E-state index in [-0.39, 0.29) is 6.03 Å². The van der Waals surface area contributed by atoms with Crippen LogP contribution in [0, 0.1) is 0 Å². The van der Waals surface area contributed by atoms with Crippen LogP contribution in [-0.2, 0) is 6.54 Å². The van der Waals surface area contributed by atoms with Crippen molar-refractivity contribution in [3.05, 3.63) is 35.9 Å². The van der Waals surface area contributed by atoms with E-state index in [4.69, 9.17) is 0 Å². The number of carbonyl (C=O) groups excluding carboxylic acids is 1. The summed E-state index contributed by atoms with van der Waals surface area (Å²) in [5.74, 6) is 0. The average molecular weight is 236 g/mol. The zero-order valence-corrected chi connectivity index (χ0v) is 10.1. The van der Waals surface area contributed by atoms with E-state index in [0.717, 1.165) is 12.0 Å². The zero-order valence-electron chi connectivity index (χ0n) is 10.1. The van der Waals surface area contributed by atoms with Gasteiger partial charge in [-0.2, -0.15) is 0 Å². The molecule has 0 saturated heterocycles. The summed E-state index contributed by atoms with van der Waals surface area (Å²) in [5.41, 5.74) is 1.05. The highest BCUT2D eigenvalue weighted by molar-refractivity contribution is 5.73. The predicted octanol–water partition coefficient (Wildman–Crippen LogP) is 1.65. The van der Waals surface area contributed by atoms with Crippen LogP contribution in [0.4, 0.5) is 4.79 Å². The van der Waals surface area contributed by atoms with Crippen molar-refractivity contribution in [2.75, 3.05) is 6.54 Å². The second kappa shape index (κ2) is 7.68. The SMILES string of the molecule is CCCC(O)CNC(=O)NCc1ccccc1. The number of nitrogens with one attached hydrogen (secondary N) is 2. The number of aliphatic hydroxyl groups excluding tert-OH is 1. The van der Waals surface area contributed by atoms with Gasteiger partial charge in [0.15, 0.2) is 0 Å². The molecule has 1 atom stereocenters. The molecule has 4 heteroatoms. The molecule has 0 fully saturated rings. The maximum absolute atomic E-state index is 11.4. The van der Waals surface area contributed by atoms with E-state index in [9.17, 15) is 9.90 Å². The Hall–Kier alpha value is -1.55. The summed E-state index contributed by atoms with van der Waals surface area (Å²) in [6.45, 7) is 2.80. The van der Waals surface area contributed by atoms with Crippen LogP contribution in [-0.4, -0.2) is 23.8 Å². The van der Waals surface area contributed by atoms with Crippen molar-refractivity contribution in [3.63, 3.8) is 0 Å². The average Bonchev–Trinajstić information content (AvgIpc) is 2.35. The summed E-state index contributed by atoms with van der Waals surface area (Å²) < 4.78 is 0. The molecule has 0 aliphatic heterocycles. The summed E-state index contributed by atoms with van der Waals surface area (Å²) in [4.78, 5) is 11.4. The molecule has 0 aliphatic rings. The van der Waals surface area contributed by atoms with E-state index in [0.29, 0.717) is 19.5 Å². The minimum atomic E-state index is -0.456. The van der Waals surface area contributed by atoms with Crippen LogP contribution in [0.15, 0.2) is 30.3 Å². The standard InChI is InChI=1S/C13H20N2O2/c1-2-6-12(16)10-15-13(17)14-9-11-7-4-3-5-8-11/h3-5,7-8,12,16H,2,6,9-10H2,1H3,(H2,14,15,17). The van der Waals surface area contributed by atoms with E-state index < -0.39 is 6.10 Å². The fourth-order valence-corrected chi connectivity index (χ4v) is 1.49. The lowest BCUT2D eigenvalue weighted by atomic mass is 10.2. The van der Waals surface area contributed by atoms with E-state index in [1.54, 1.807) is 0 Å². The fraction of sp³-hybridized carbons (Fsp3) is 0.462. The van der Waals surface area contributed by atoms with Crippen molar-refractivity contribution in [1.29, 1.82) is 0 Å². The molecular formula is C13H20N2O2. The largest absolute Gasteiger partial charge is 0.391 e. The highest BCUT2D eigenvalue weighted by Gasteiger charge is 2.05. The maximum atomic E-state index is 11.4. The summed E-state index contributed by atoms with van der Waals surface area (Å²) in [7, 11) is 0. The van der Waals surface area contributed by atoms with E-state index in [2.05, 4.69) is 10.6 Å². The molecule has 94 valence electrons. The van der Waals surface area contributed by atoms with Crippen molar-refractivity contribution < 1.29 is 9.90 Å². The third-order valence-electron chi connectivity index (χ3n) is 2.42. The van der Waals surface area contributed by atoms with Gasteiger partial charge in [0.25, 0.3) is 0 Å². The van der Waals surface area contributed by atoms with Crippen molar-refractivity contribution >= 4 is 6.03 Å². The Morgan fingerprint density at radius 3 is 2.65 bits per heavy atom. The Labute approximate surface area is 102 Å². The van der Waals surface area contributed by atoms with Gasteiger partial charge in [-0.1, -0.05) is 43.7 Å². The number of urea groups is 1. The highest BCUT2D eigenvalue weighted by atomic mass is 16.3. The molecule has 0 bridgehead atoms. The van der Waals surface area contributed by atoms with E-state index in [1.165, 1.54) is 0 Å². The maximum Gasteiger partial charge on any atom is 0.315 e. The topological polar surface area (TPSA) is 61.4 Å². The van der Waals surface area contributed by atoms with Gasteiger partial charge in [0.05, 0.1) is 6.10 Å². The molecule has 0 saturated carbocycles. The van der Waals surface area contributed by atoms with Gasteiger partial charge < -0.3 is 15.7 Å². The second-order valence-electron chi connectivity index (χ2n) is 3.99. The Bertz CT molecular complexity index is 327. The molecule has 2 amide bonds. The number of rotatable bonds is 6. The summed E-state index contributed by atoms with van der Waals surface area (Å²) in [5, 5.41) is 14.8. The van der Waals surface area contributed by atoms with E-state index >= 15 is 0 Å². The molecule has 0 aromatic heterocycles. The van der Waals surface area contributed by atoms with Gasteiger partial charge in [-0.15, -0.1) is 0 Å². The summed E-state index contributed by atoms with van der Waals surface area (Å²) in [6, 6.07) is 9.45. The fourth-order valence-electron chi connectivity index (χ4n) is 1.49. The molecule has 1 aromatic carbocycles. The van der Waals surface area contributed by atoms with Crippen molar-refractivity contribution in [2.45, 2.75) is 32.4 Å². The highest BCUT2D eigenvalue weighted by Crippen LogP contribution is 1.97. The van der Waals surface area contributed by atoms with Gasteiger partial charge in [-0.05, 0) is 12.0 Å². The van der Waals surface area contributed by atoms with Gasteiger partial charge in [0, 0.05) is 13.1 Å². The number of amides is 2. The molecule has 17 heavy (non-hydrogen) atoms. The third-order valence-corrected chi connectivity index (χ3v) is 2.42. The third kappa shape index (κ3) is 5.92. The molecule has 1 aromatic rings. The molecule has 0 spiro atoms. The molecule has 3 N–H and O–H groups in total. The number of benzene rings is 1. The quantitative estimate of drug-likeness (QED) is 0.703. The van der Waals surface area contributed by atoms with Crippen LogP contribution in [0.3, 0.4) is 0 Å². The normalized spacial score (nSPS) is 11.9. The van der Waals surface area contributed by atoms with Crippen LogP contribution in [0.1, 0.15) is 25.3 Å². The molecule has 1 rings (SSSR count). The zero-order chi connectivity index (χ0) is 12.5. The predicted molar refractivity (Wildman–Crippen MR) is 67.6 cm³/mol. The first-order valence-corrected chi connectivity index (χ1v) is 5.96. The number of aliphatic hydroxyl groups is 1. The van der Waals surface area contributed by atoms with E-state index in [1.807, 2.05) is 37.3 Å². The smallest absolute Gasteiger partial charge is 0.315 e. The molecule has 0 aliphatic carbocycles. The monoisotopic (exact) mass is 236 g/mol. The van der Waals surface area contributed by atoms with Crippen LogP contribution in [0.25, 0.3) is 0 Å². The summed E-state index contributed by atoms with van der Waals surface area (Å²) in [6.07, 6.45) is 1.16. The Balaban J connectivity index is 2.17. The molecule has 0 radical (unpaired) electrons. The van der Waals surface area contributed by atoms with Gasteiger partial charge in [0.2, 0.25) is 0 Å². The van der Waals surface area contributed by atoms with Crippen molar-refractivity contribution in [1.82, 2.24) is 10.6 Å². The first kappa shape index (κ1) is 13.5. The lowest BCUT2D eigenvalue weighted by molar-refractivity contribution is 0.160. The first-order valence-electron chi connectivity index (χ1n) is 5.96. The van der Waals surface area contributed by atoms with Crippen LogP contribution < -0.4 is 10.6 Å². The van der Waals surface area contributed by atoms with Crippen LogP contribution in [0.5, 0.6) is 0 Å². The Morgan fingerprint density at radius 2 is 2.00 bits per heavy atom. The minimum Gasteiger partial charge on any atom is -0.391 e. The molecule has 4 nitrogen and oxygen atoms in total. The Kier molecular flexibility index (Phi) is 6.10. The minimum absolute atomic E-state index is 0.246. The van der Waals surface area contributed by atoms with Crippen LogP contribution >= 0.6 is 0 Å². The van der Waals surface area contributed by atoms with Crippen LogP contribution in [0.2, 0.25) is 0 Å². The molecule has 1 unspecified atom stereocenters. The summed E-state index contributed by atoms with van der Waals surface area (Å²) >= 11 is 0. The second-order valence-corrected chi connectivity index (χ2v) is 3.99. The molecule has 0 heterocycles. The van der Waals surface area contributed by atoms with Gasteiger partial charge in [-0.3, -0.25) is 0 Å². The first-order chi connectivity index (χ1) is 8.22. The Morgan fingerprint density at radius 1 is 1.29 bits per heavy atom. The number of hydrogen-bond acceptors (Lipinski definition) is 2. The van der Waals surface area contributed by atoms with Crippen molar-refractivity contribution in [2.24, 2.45) is 0 Å². The molecular weight excluding hydrogens is 216 g/mol. The number of carbonyl (C=O) groups is 1. The lowest BCUT2D eigenvalue weighted by Crippen LogP contribution is -2.39.